The van der Waals surface area contributed by atoms with E-state index in [1.807, 2.05) is 0 Å². The lowest BCUT2D eigenvalue weighted by Gasteiger charge is -2.28. The largest absolute Gasteiger partial charge is 0.312 e. The van der Waals surface area contributed by atoms with Gasteiger partial charge in [-0.3, -0.25) is 0 Å². The monoisotopic (exact) mass is 274 g/mol. The van der Waals surface area contributed by atoms with Crippen LogP contribution in [0.15, 0.2) is 30.3 Å². The Morgan fingerprint density at radius 3 is 2.85 bits per heavy atom. The van der Waals surface area contributed by atoms with Gasteiger partial charge in [-0.2, -0.15) is 0 Å². The zero-order valence-corrected chi connectivity index (χ0v) is 13.1. The van der Waals surface area contributed by atoms with E-state index >= 15 is 0 Å². The van der Waals surface area contributed by atoms with Crippen molar-refractivity contribution in [1.29, 1.82) is 0 Å². The standard InChI is InChI=1S/C18H30N2/c1-3-16(2)18-15-20(14-8-12-19-18)13-7-11-17-9-5-4-6-10-17/h4-6,9-10,16,18-19H,3,7-8,11-15H2,1-2H3. The molecular weight excluding hydrogens is 244 g/mol. The second-order valence-electron chi connectivity index (χ2n) is 6.19. The zero-order chi connectivity index (χ0) is 14.2. The lowest BCUT2D eigenvalue weighted by atomic mass is 9.99. The van der Waals surface area contributed by atoms with Crippen molar-refractivity contribution < 1.29 is 0 Å². The first-order valence-corrected chi connectivity index (χ1v) is 8.29. The molecule has 2 unspecified atom stereocenters. The molecule has 112 valence electrons. The molecule has 0 saturated carbocycles. The summed E-state index contributed by atoms with van der Waals surface area (Å²) in [6.07, 6.45) is 5.05. The summed E-state index contributed by atoms with van der Waals surface area (Å²) >= 11 is 0. The van der Waals surface area contributed by atoms with Crippen LogP contribution < -0.4 is 5.32 Å². The highest BCUT2D eigenvalue weighted by Gasteiger charge is 2.21. The molecule has 20 heavy (non-hydrogen) atoms. The molecule has 0 spiro atoms. The number of aryl methyl sites for hydroxylation is 1. The van der Waals surface area contributed by atoms with E-state index in [1.165, 1.54) is 57.4 Å². The van der Waals surface area contributed by atoms with Crippen molar-refractivity contribution >= 4 is 0 Å². The summed E-state index contributed by atoms with van der Waals surface area (Å²) in [6, 6.07) is 11.5. The SMILES string of the molecule is CCC(C)C1CN(CCCc2ccccc2)CCCN1. The van der Waals surface area contributed by atoms with Gasteiger partial charge < -0.3 is 10.2 Å². The van der Waals surface area contributed by atoms with Crippen molar-refractivity contribution in [2.24, 2.45) is 5.92 Å². The molecule has 1 heterocycles. The molecule has 2 nitrogen and oxygen atoms in total. The third kappa shape index (κ3) is 4.92. The first-order chi connectivity index (χ1) is 9.79. The fourth-order valence-corrected chi connectivity index (χ4v) is 3.04. The summed E-state index contributed by atoms with van der Waals surface area (Å²) in [5.74, 6) is 0.782. The van der Waals surface area contributed by atoms with E-state index in [9.17, 15) is 0 Å². The Kier molecular flexibility index (Phi) is 6.55. The lowest BCUT2D eigenvalue weighted by Crippen LogP contribution is -2.42. The molecule has 0 aliphatic carbocycles. The van der Waals surface area contributed by atoms with Crippen LogP contribution in [0, 0.1) is 5.92 Å². The molecule has 1 N–H and O–H groups in total. The topological polar surface area (TPSA) is 15.3 Å². The minimum atomic E-state index is 0.680. The lowest BCUT2D eigenvalue weighted by molar-refractivity contribution is 0.236. The molecule has 2 rings (SSSR count). The molecular formula is C18H30N2. The van der Waals surface area contributed by atoms with Crippen molar-refractivity contribution in [3.05, 3.63) is 35.9 Å². The van der Waals surface area contributed by atoms with Crippen LogP contribution in [-0.4, -0.2) is 37.1 Å². The minimum absolute atomic E-state index is 0.680. The van der Waals surface area contributed by atoms with Gasteiger partial charge in [0, 0.05) is 12.6 Å². The van der Waals surface area contributed by atoms with Crippen molar-refractivity contribution in [2.75, 3.05) is 26.2 Å². The summed E-state index contributed by atoms with van der Waals surface area (Å²) in [7, 11) is 0. The summed E-state index contributed by atoms with van der Waals surface area (Å²) in [5.41, 5.74) is 1.47. The average molecular weight is 274 g/mol. The van der Waals surface area contributed by atoms with Crippen molar-refractivity contribution in [3.8, 4) is 0 Å². The maximum Gasteiger partial charge on any atom is 0.0220 e. The first kappa shape index (κ1) is 15.5. The average Bonchev–Trinajstić information content (AvgIpc) is 2.73. The van der Waals surface area contributed by atoms with E-state index in [4.69, 9.17) is 0 Å². The van der Waals surface area contributed by atoms with E-state index in [2.05, 4.69) is 54.4 Å². The highest BCUT2D eigenvalue weighted by Crippen LogP contribution is 2.13. The van der Waals surface area contributed by atoms with Crippen LogP contribution in [0.4, 0.5) is 0 Å². The number of nitrogens with zero attached hydrogens (tertiary/aromatic N) is 1. The molecule has 2 atom stereocenters. The highest BCUT2D eigenvalue weighted by molar-refractivity contribution is 5.14. The van der Waals surface area contributed by atoms with Crippen molar-refractivity contribution in [3.63, 3.8) is 0 Å². The van der Waals surface area contributed by atoms with Crippen LogP contribution in [0.2, 0.25) is 0 Å². The smallest absolute Gasteiger partial charge is 0.0220 e. The third-order valence-electron chi connectivity index (χ3n) is 4.63. The Morgan fingerprint density at radius 2 is 2.10 bits per heavy atom. The Balaban J connectivity index is 1.76. The van der Waals surface area contributed by atoms with Gasteiger partial charge in [0.25, 0.3) is 0 Å². The molecule has 0 amide bonds. The van der Waals surface area contributed by atoms with Crippen LogP contribution in [0.5, 0.6) is 0 Å². The summed E-state index contributed by atoms with van der Waals surface area (Å²) in [4.78, 5) is 2.67. The van der Waals surface area contributed by atoms with E-state index in [0.717, 1.165) is 5.92 Å². The van der Waals surface area contributed by atoms with Gasteiger partial charge in [0.2, 0.25) is 0 Å². The maximum absolute atomic E-state index is 3.73. The minimum Gasteiger partial charge on any atom is -0.312 e. The van der Waals surface area contributed by atoms with Gasteiger partial charge in [-0.1, -0.05) is 50.6 Å². The number of hydrogen-bond acceptors (Lipinski definition) is 2. The van der Waals surface area contributed by atoms with Crippen molar-refractivity contribution in [2.45, 2.75) is 45.6 Å². The molecule has 1 aliphatic rings. The Bertz CT molecular complexity index is 363. The molecule has 1 saturated heterocycles. The highest BCUT2D eigenvalue weighted by atomic mass is 15.2. The van der Waals surface area contributed by atoms with E-state index in [-0.39, 0.29) is 0 Å². The Labute approximate surface area is 124 Å². The van der Waals surface area contributed by atoms with Crippen LogP contribution in [0.3, 0.4) is 0 Å². The number of hydrogen-bond donors (Lipinski definition) is 1. The maximum atomic E-state index is 3.73. The first-order valence-electron chi connectivity index (χ1n) is 8.29. The molecule has 0 radical (unpaired) electrons. The Hall–Kier alpha value is -0.860. The van der Waals surface area contributed by atoms with Gasteiger partial charge in [-0.15, -0.1) is 0 Å². The van der Waals surface area contributed by atoms with E-state index < -0.39 is 0 Å². The summed E-state index contributed by atoms with van der Waals surface area (Å²) in [6.45, 7) is 9.59. The normalized spacial score (nSPS) is 22.4. The van der Waals surface area contributed by atoms with E-state index in [0.29, 0.717) is 6.04 Å². The molecule has 1 aromatic rings. The van der Waals surface area contributed by atoms with Gasteiger partial charge in [-0.05, 0) is 50.4 Å². The molecule has 1 fully saturated rings. The van der Waals surface area contributed by atoms with Crippen LogP contribution in [-0.2, 0) is 6.42 Å². The molecule has 0 bridgehead atoms. The van der Waals surface area contributed by atoms with Crippen LogP contribution >= 0.6 is 0 Å². The van der Waals surface area contributed by atoms with Gasteiger partial charge >= 0.3 is 0 Å². The fourth-order valence-electron chi connectivity index (χ4n) is 3.04. The summed E-state index contributed by atoms with van der Waals surface area (Å²) in [5, 5.41) is 3.73. The van der Waals surface area contributed by atoms with Gasteiger partial charge in [0.15, 0.2) is 0 Å². The number of rotatable bonds is 6. The predicted octanol–water partition coefficient (Wildman–Crippen LogP) is 3.33. The summed E-state index contributed by atoms with van der Waals surface area (Å²) < 4.78 is 0. The number of benzene rings is 1. The molecule has 1 aromatic carbocycles. The molecule has 2 heteroatoms. The quantitative estimate of drug-likeness (QED) is 0.856. The Morgan fingerprint density at radius 1 is 1.30 bits per heavy atom. The fraction of sp³-hybridized carbons (Fsp3) is 0.667. The number of nitrogens with one attached hydrogen (secondary N) is 1. The van der Waals surface area contributed by atoms with Gasteiger partial charge in [0.05, 0.1) is 0 Å². The van der Waals surface area contributed by atoms with Gasteiger partial charge in [-0.25, -0.2) is 0 Å². The molecule has 0 aromatic heterocycles. The van der Waals surface area contributed by atoms with E-state index in [1.54, 1.807) is 0 Å². The molecule has 1 aliphatic heterocycles. The van der Waals surface area contributed by atoms with Crippen LogP contribution in [0.1, 0.15) is 38.7 Å². The third-order valence-corrected chi connectivity index (χ3v) is 4.63. The predicted molar refractivity (Wildman–Crippen MR) is 87.1 cm³/mol. The van der Waals surface area contributed by atoms with Crippen molar-refractivity contribution in [1.82, 2.24) is 10.2 Å². The second-order valence-corrected chi connectivity index (χ2v) is 6.19. The van der Waals surface area contributed by atoms with Crippen LogP contribution in [0.25, 0.3) is 0 Å². The zero-order valence-electron chi connectivity index (χ0n) is 13.1. The second kappa shape index (κ2) is 8.43. The van der Waals surface area contributed by atoms with Gasteiger partial charge in [0.1, 0.15) is 0 Å².